The molecule has 0 bridgehead atoms. The van der Waals surface area contributed by atoms with E-state index >= 15 is 0 Å². The first kappa shape index (κ1) is 31.9. The van der Waals surface area contributed by atoms with Crippen LogP contribution in [0, 0.1) is 0 Å². The van der Waals surface area contributed by atoms with Crippen molar-refractivity contribution in [3.8, 4) is 56.0 Å². The SMILES string of the molecule is CC1(C)c2ccccc2-c2cc3c(cc21)-c1c(-c2ccc4oc5c(-c6nc(-c7ccccc7)c7c(n6)sc6ccccc67)cccc5c4c2)cccc1C3(C)C. The van der Waals surface area contributed by atoms with E-state index in [0.29, 0.717) is 5.82 Å². The molecular weight excluding hydrogens is 701 g/mol. The van der Waals surface area contributed by atoms with Crippen molar-refractivity contribution >= 4 is 53.6 Å². The second-order valence-corrected chi connectivity index (χ2v) is 17.5. The monoisotopic (exact) mass is 736 g/mol. The lowest BCUT2D eigenvalue weighted by atomic mass is 9.79. The van der Waals surface area contributed by atoms with Crippen LogP contribution in [0.25, 0.3) is 98.3 Å². The summed E-state index contributed by atoms with van der Waals surface area (Å²) >= 11 is 1.72. The topological polar surface area (TPSA) is 38.9 Å². The van der Waals surface area contributed by atoms with Gasteiger partial charge in [-0.25, -0.2) is 9.97 Å². The van der Waals surface area contributed by atoms with Gasteiger partial charge < -0.3 is 4.42 Å². The minimum Gasteiger partial charge on any atom is -0.455 e. The Hall–Kier alpha value is -6.36. The highest BCUT2D eigenvalue weighted by molar-refractivity contribution is 7.25. The molecule has 2 aliphatic rings. The highest BCUT2D eigenvalue weighted by atomic mass is 32.1. The fraction of sp³-hybridized carbons (Fsp3) is 0.115. The summed E-state index contributed by atoms with van der Waals surface area (Å²) in [5.74, 6) is 0.671. The average Bonchev–Trinajstić information content (AvgIpc) is 3.92. The van der Waals surface area contributed by atoms with Crippen LogP contribution in [-0.2, 0) is 10.8 Å². The number of fused-ring (bicyclic) bond motifs is 12. The minimum atomic E-state index is -0.132. The first-order valence-electron chi connectivity index (χ1n) is 19.4. The standard InChI is InChI=1S/C52H36N2OS/c1-51(2)39-21-10-8-16-32(39)36-27-42-38(28-41(36)51)45-31(18-13-22-40(45)52(42,3)4)30-24-25-43-37(26-30)33-19-12-20-35(48(33)55-43)49-53-47(29-14-6-5-7-15-29)46-34-17-9-11-23-44(34)56-50(46)54-49/h5-28H,1-4H3. The van der Waals surface area contributed by atoms with Crippen molar-refractivity contribution in [2.75, 3.05) is 0 Å². The zero-order chi connectivity index (χ0) is 37.5. The Kier molecular flexibility index (Phi) is 6.34. The summed E-state index contributed by atoms with van der Waals surface area (Å²) in [6.07, 6.45) is 0. The van der Waals surface area contributed by atoms with Crippen molar-refractivity contribution in [1.82, 2.24) is 9.97 Å². The Labute approximate surface area is 328 Å². The number of aromatic nitrogens is 2. The third-order valence-corrected chi connectivity index (χ3v) is 13.8. The number of benzene rings is 7. The number of nitrogens with zero attached hydrogens (tertiary/aromatic N) is 2. The van der Waals surface area contributed by atoms with Crippen molar-refractivity contribution in [2.45, 2.75) is 38.5 Å². The van der Waals surface area contributed by atoms with Gasteiger partial charge in [-0.3, -0.25) is 0 Å². The molecule has 0 fully saturated rings. The molecule has 0 N–H and O–H groups in total. The Balaban J connectivity index is 1.04. The Bertz CT molecular complexity index is 3310. The van der Waals surface area contributed by atoms with Gasteiger partial charge in [0.2, 0.25) is 0 Å². The summed E-state index contributed by atoms with van der Waals surface area (Å²) in [6.45, 7) is 9.51. The first-order valence-corrected chi connectivity index (χ1v) is 20.2. The van der Waals surface area contributed by atoms with Crippen molar-refractivity contribution in [3.63, 3.8) is 0 Å². The summed E-state index contributed by atoms with van der Waals surface area (Å²) in [5.41, 5.74) is 17.8. The van der Waals surface area contributed by atoms with Crippen LogP contribution in [0.1, 0.15) is 49.9 Å². The van der Waals surface area contributed by atoms with Gasteiger partial charge in [-0.2, -0.15) is 0 Å². The average molecular weight is 737 g/mol. The molecule has 12 rings (SSSR count). The van der Waals surface area contributed by atoms with Crippen LogP contribution in [0.2, 0.25) is 0 Å². The number of rotatable bonds is 3. The lowest BCUT2D eigenvalue weighted by molar-refractivity contribution is 0.652. The largest absolute Gasteiger partial charge is 0.455 e. The van der Waals surface area contributed by atoms with E-state index in [1.807, 2.05) is 6.07 Å². The van der Waals surface area contributed by atoms with Crippen LogP contribution < -0.4 is 0 Å². The van der Waals surface area contributed by atoms with Gasteiger partial charge in [0.1, 0.15) is 16.0 Å². The van der Waals surface area contributed by atoms with Gasteiger partial charge in [-0.05, 0) is 92.0 Å². The molecule has 0 saturated carbocycles. The Morgan fingerprint density at radius 2 is 1.16 bits per heavy atom. The molecule has 0 unspecified atom stereocenters. The van der Waals surface area contributed by atoms with Crippen LogP contribution >= 0.6 is 11.3 Å². The van der Waals surface area contributed by atoms with Crippen molar-refractivity contribution < 1.29 is 4.42 Å². The first-order chi connectivity index (χ1) is 27.3. The third kappa shape index (κ3) is 4.22. The van der Waals surface area contributed by atoms with Gasteiger partial charge in [0.05, 0.1) is 11.3 Å². The minimum absolute atomic E-state index is 0.0673. The summed E-state index contributed by atoms with van der Waals surface area (Å²) in [4.78, 5) is 11.5. The molecule has 0 amide bonds. The molecule has 0 aliphatic heterocycles. The van der Waals surface area contributed by atoms with E-state index in [-0.39, 0.29) is 10.8 Å². The van der Waals surface area contributed by atoms with Crippen LogP contribution in [0.5, 0.6) is 0 Å². The van der Waals surface area contributed by atoms with Crippen molar-refractivity contribution in [2.24, 2.45) is 0 Å². The number of thiophene rings is 1. The van der Waals surface area contributed by atoms with Gasteiger partial charge in [0.15, 0.2) is 5.82 Å². The number of hydrogen-bond donors (Lipinski definition) is 0. The lowest BCUT2D eigenvalue weighted by Gasteiger charge is -2.24. The molecule has 3 heterocycles. The second kappa shape index (κ2) is 11.1. The fourth-order valence-electron chi connectivity index (χ4n) is 9.91. The summed E-state index contributed by atoms with van der Waals surface area (Å²) < 4.78 is 7.96. The molecular formula is C52H36N2OS. The van der Waals surface area contributed by atoms with Crippen molar-refractivity contribution in [1.29, 1.82) is 0 Å². The molecule has 266 valence electrons. The molecule has 0 saturated heterocycles. The zero-order valence-electron chi connectivity index (χ0n) is 31.6. The van der Waals surface area contributed by atoms with Gasteiger partial charge in [-0.1, -0.05) is 137 Å². The van der Waals surface area contributed by atoms with E-state index in [0.717, 1.165) is 49.0 Å². The van der Waals surface area contributed by atoms with Gasteiger partial charge in [0.25, 0.3) is 0 Å². The molecule has 7 aromatic carbocycles. The molecule has 0 atom stereocenters. The van der Waals surface area contributed by atoms with Crippen LogP contribution in [0.3, 0.4) is 0 Å². The predicted molar refractivity (Wildman–Crippen MR) is 234 cm³/mol. The molecule has 2 aliphatic carbocycles. The molecule has 10 aromatic rings. The lowest BCUT2D eigenvalue weighted by Crippen LogP contribution is -2.16. The zero-order valence-corrected chi connectivity index (χ0v) is 32.4. The van der Waals surface area contributed by atoms with E-state index in [4.69, 9.17) is 14.4 Å². The van der Waals surface area contributed by atoms with Crippen molar-refractivity contribution in [3.05, 3.63) is 168 Å². The van der Waals surface area contributed by atoms with Crippen LogP contribution in [0.15, 0.2) is 150 Å². The molecule has 0 spiro atoms. The molecule has 3 nitrogen and oxygen atoms in total. The molecule has 56 heavy (non-hydrogen) atoms. The number of hydrogen-bond acceptors (Lipinski definition) is 4. The predicted octanol–water partition coefficient (Wildman–Crippen LogP) is 14.4. The molecule has 3 aromatic heterocycles. The van der Waals surface area contributed by atoms with Crippen LogP contribution in [0.4, 0.5) is 0 Å². The fourth-order valence-corrected chi connectivity index (χ4v) is 11.0. The Morgan fingerprint density at radius 1 is 0.482 bits per heavy atom. The second-order valence-electron chi connectivity index (χ2n) is 16.5. The van der Waals surface area contributed by atoms with Gasteiger partial charge in [0, 0.05) is 42.6 Å². The normalized spacial score (nSPS) is 14.7. The maximum absolute atomic E-state index is 6.75. The van der Waals surface area contributed by atoms with E-state index < -0.39 is 0 Å². The number of para-hydroxylation sites is 1. The highest BCUT2D eigenvalue weighted by Gasteiger charge is 2.42. The third-order valence-electron chi connectivity index (χ3n) is 12.7. The van der Waals surface area contributed by atoms with E-state index in [9.17, 15) is 0 Å². The maximum atomic E-state index is 6.75. The summed E-state index contributed by atoms with van der Waals surface area (Å²) in [7, 11) is 0. The molecule has 4 heteroatoms. The quantitative estimate of drug-likeness (QED) is 0.181. The number of furan rings is 1. The summed E-state index contributed by atoms with van der Waals surface area (Å²) in [6, 6.07) is 52.9. The maximum Gasteiger partial charge on any atom is 0.165 e. The van der Waals surface area contributed by atoms with E-state index in [1.165, 1.54) is 65.7 Å². The van der Waals surface area contributed by atoms with E-state index in [1.54, 1.807) is 11.3 Å². The van der Waals surface area contributed by atoms with Gasteiger partial charge >= 0.3 is 0 Å². The van der Waals surface area contributed by atoms with Gasteiger partial charge in [-0.15, -0.1) is 11.3 Å². The summed E-state index contributed by atoms with van der Waals surface area (Å²) in [5, 5.41) is 4.43. The van der Waals surface area contributed by atoms with Crippen LogP contribution in [-0.4, -0.2) is 9.97 Å². The Morgan fingerprint density at radius 3 is 2.05 bits per heavy atom. The molecule has 0 radical (unpaired) electrons. The van der Waals surface area contributed by atoms with E-state index in [2.05, 4.69) is 167 Å². The highest BCUT2D eigenvalue weighted by Crippen LogP contribution is 2.58. The smallest absolute Gasteiger partial charge is 0.165 e.